The van der Waals surface area contributed by atoms with Crippen LogP contribution in [0.4, 0.5) is 5.69 Å². The molecule has 0 saturated carbocycles. The van der Waals surface area contributed by atoms with Gasteiger partial charge in [0.05, 0.1) is 18.0 Å². The summed E-state index contributed by atoms with van der Waals surface area (Å²) in [5, 5.41) is 13.3. The Morgan fingerprint density at radius 2 is 1.13 bits per heavy atom. The maximum atomic E-state index is 9.80. The summed E-state index contributed by atoms with van der Waals surface area (Å²) in [6.07, 6.45) is 0. The molecule has 0 bridgehead atoms. The van der Waals surface area contributed by atoms with Crippen molar-refractivity contribution in [1.29, 1.82) is 5.26 Å². The lowest BCUT2D eigenvalue weighted by Gasteiger charge is -2.25. The van der Waals surface area contributed by atoms with Gasteiger partial charge in [0.1, 0.15) is 0 Å². The second-order valence-corrected chi connectivity index (χ2v) is 5.42. The third kappa shape index (κ3) is 3.59. The van der Waals surface area contributed by atoms with Crippen LogP contribution in [-0.4, -0.2) is 0 Å². The summed E-state index contributed by atoms with van der Waals surface area (Å²) < 4.78 is 0. The first-order valence-corrected chi connectivity index (χ1v) is 7.69. The van der Waals surface area contributed by atoms with Gasteiger partial charge in [-0.05, 0) is 23.3 Å². The third-order valence-corrected chi connectivity index (χ3v) is 3.89. The van der Waals surface area contributed by atoms with Gasteiger partial charge in [0, 0.05) is 5.69 Å². The van der Waals surface area contributed by atoms with Crippen molar-refractivity contribution in [3.63, 3.8) is 0 Å². The van der Waals surface area contributed by atoms with Crippen LogP contribution in [0.3, 0.4) is 0 Å². The molecule has 2 unspecified atom stereocenters. The molecule has 3 aromatic carbocycles. The molecule has 0 aromatic heterocycles. The number of nitrogens with zero attached hydrogens (tertiary/aromatic N) is 1. The van der Waals surface area contributed by atoms with E-state index in [1.807, 2.05) is 78.9 Å². The van der Waals surface area contributed by atoms with E-state index in [1.54, 1.807) is 0 Å². The van der Waals surface area contributed by atoms with Crippen molar-refractivity contribution < 1.29 is 0 Å². The maximum absolute atomic E-state index is 9.80. The van der Waals surface area contributed by atoms with Crippen LogP contribution in [0.5, 0.6) is 0 Å². The highest BCUT2D eigenvalue weighted by atomic mass is 14.9. The number of hydrogen-bond donors (Lipinski definition) is 1. The van der Waals surface area contributed by atoms with Crippen molar-refractivity contribution in [2.24, 2.45) is 0 Å². The lowest BCUT2D eigenvalue weighted by Crippen LogP contribution is -2.18. The Hall–Kier alpha value is -3.05. The second kappa shape index (κ2) is 7.29. The predicted molar refractivity (Wildman–Crippen MR) is 94.0 cm³/mol. The molecule has 0 spiro atoms. The Bertz CT molecular complexity index is 761. The topological polar surface area (TPSA) is 35.8 Å². The van der Waals surface area contributed by atoms with Crippen LogP contribution in [0.2, 0.25) is 0 Å². The zero-order valence-corrected chi connectivity index (χ0v) is 12.8. The first kappa shape index (κ1) is 14.9. The summed E-state index contributed by atoms with van der Waals surface area (Å²) in [7, 11) is 0. The zero-order chi connectivity index (χ0) is 15.9. The summed E-state index contributed by atoms with van der Waals surface area (Å²) in [6, 6.07) is 32.5. The molecule has 0 aliphatic rings. The Labute approximate surface area is 137 Å². The van der Waals surface area contributed by atoms with Gasteiger partial charge in [-0.2, -0.15) is 5.26 Å². The summed E-state index contributed by atoms with van der Waals surface area (Å²) in [6.45, 7) is 0. The molecule has 2 atom stereocenters. The van der Waals surface area contributed by atoms with Gasteiger partial charge in [-0.25, -0.2) is 0 Å². The highest BCUT2D eigenvalue weighted by Gasteiger charge is 2.24. The van der Waals surface area contributed by atoms with Crippen molar-refractivity contribution in [3.8, 4) is 6.07 Å². The molecule has 0 radical (unpaired) electrons. The van der Waals surface area contributed by atoms with Gasteiger partial charge in [-0.15, -0.1) is 0 Å². The number of anilines is 1. The Kier molecular flexibility index (Phi) is 4.71. The molecule has 112 valence electrons. The van der Waals surface area contributed by atoms with E-state index in [0.29, 0.717) is 0 Å². The average Bonchev–Trinajstić information content (AvgIpc) is 2.64. The van der Waals surface area contributed by atoms with Gasteiger partial charge in [0.25, 0.3) is 0 Å². The summed E-state index contributed by atoms with van der Waals surface area (Å²) in [5.41, 5.74) is 3.14. The number of nitrogens with one attached hydrogen (secondary N) is 1. The minimum atomic E-state index is -0.265. The van der Waals surface area contributed by atoms with Crippen LogP contribution in [0, 0.1) is 11.3 Å². The van der Waals surface area contributed by atoms with Gasteiger partial charge in [0.15, 0.2) is 0 Å². The molecule has 0 aliphatic heterocycles. The third-order valence-electron chi connectivity index (χ3n) is 3.89. The fourth-order valence-electron chi connectivity index (χ4n) is 2.74. The molecule has 0 heterocycles. The monoisotopic (exact) mass is 298 g/mol. The highest BCUT2D eigenvalue weighted by molar-refractivity contribution is 5.48. The number of nitriles is 1. The molecule has 0 aliphatic carbocycles. The van der Waals surface area contributed by atoms with E-state index in [4.69, 9.17) is 0 Å². The summed E-state index contributed by atoms with van der Waals surface area (Å²) in [5.74, 6) is -0.265. The van der Waals surface area contributed by atoms with Crippen molar-refractivity contribution in [2.75, 3.05) is 5.32 Å². The molecule has 3 rings (SSSR count). The molecule has 0 fully saturated rings. The zero-order valence-electron chi connectivity index (χ0n) is 12.8. The predicted octanol–water partition coefficient (Wildman–Crippen LogP) is 5.15. The first-order chi connectivity index (χ1) is 11.4. The van der Waals surface area contributed by atoms with Gasteiger partial charge in [-0.3, -0.25) is 0 Å². The van der Waals surface area contributed by atoms with Gasteiger partial charge < -0.3 is 5.32 Å². The van der Waals surface area contributed by atoms with Crippen molar-refractivity contribution in [1.82, 2.24) is 0 Å². The SMILES string of the molecule is N#CC(c1ccccc1)C(Nc1ccccc1)c1ccccc1. The van der Waals surface area contributed by atoms with E-state index < -0.39 is 0 Å². The van der Waals surface area contributed by atoms with Crippen LogP contribution in [-0.2, 0) is 0 Å². The average molecular weight is 298 g/mol. The number of hydrogen-bond acceptors (Lipinski definition) is 2. The van der Waals surface area contributed by atoms with Crippen molar-refractivity contribution in [3.05, 3.63) is 102 Å². The molecule has 0 saturated heterocycles. The first-order valence-electron chi connectivity index (χ1n) is 7.69. The van der Waals surface area contributed by atoms with Gasteiger partial charge >= 0.3 is 0 Å². The minimum Gasteiger partial charge on any atom is -0.377 e. The largest absolute Gasteiger partial charge is 0.377 e. The van der Waals surface area contributed by atoms with Crippen LogP contribution in [0.15, 0.2) is 91.0 Å². The molecule has 2 nitrogen and oxygen atoms in total. The minimum absolute atomic E-state index is 0.106. The quantitative estimate of drug-likeness (QED) is 0.707. The maximum Gasteiger partial charge on any atom is 0.0955 e. The number of para-hydroxylation sites is 1. The summed E-state index contributed by atoms with van der Waals surface area (Å²) in [4.78, 5) is 0. The molecule has 3 aromatic rings. The summed E-state index contributed by atoms with van der Waals surface area (Å²) >= 11 is 0. The van der Waals surface area contributed by atoms with Gasteiger partial charge in [-0.1, -0.05) is 78.9 Å². The molecule has 23 heavy (non-hydrogen) atoms. The van der Waals surface area contributed by atoms with E-state index in [-0.39, 0.29) is 12.0 Å². The van der Waals surface area contributed by atoms with Crippen LogP contribution in [0.25, 0.3) is 0 Å². The lowest BCUT2D eigenvalue weighted by molar-refractivity contribution is 0.701. The fraction of sp³-hybridized carbons (Fsp3) is 0.0952. The molecular weight excluding hydrogens is 280 g/mol. The Morgan fingerprint density at radius 1 is 0.652 bits per heavy atom. The molecule has 2 heteroatoms. The van der Waals surface area contributed by atoms with Crippen LogP contribution < -0.4 is 5.32 Å². The van der Waals surface area contributed by atoms with E-state index >= 15 is 0 Å². The smallest absolute Gasteiger partial charge is 0.0955 e. The van der Waals surface area contributed by atoms with E-state index in [0.717, 1.165) is 16.8 Å². The van der Waals surface area contributed by atoms with Gasteiger partial charge in [0.2, 0.25) is 0 Å². The van der Waals surface area contributed by atoms with E-state index in [2.05, 4.69) is 23.5 Å². The second-order valence-electron chi connectivity index (χ2n) is 5.42. The van der Waals surface area contributed by atoms with Crippen LogP contribution >= 0.6 is 0 Å². The molecule has 1 N–H and O–H groups in total. The van der Waals surface area contributed by atoms with Crippen molar-refractivity contribution >= 4 is 5.69 Å². The van der Waals surface area contributed by atoms with Crippen molar-refractivity contribution in [2.45, 2.75) is 12.0 Å². The molecule has 0 amide bonds. The standard InChI is InChI=1S/C21H18N2/c22-16-20(17-10-4-1-5-11-17)21(18-12-6-2-7-13-18)23-19-14-8-3-9-15-19/h1-15,20-21,23H. The Morgan fingerprint density at radius 3 is 1.65 bits per heavy atom. The Balaban J connectivity index is 1.99. The van der Waals surface area contributed by atoms with E-state index in [1.165, 1.54) is 0 Å². The van der Waals surface area contributed by atoms with Crippen LogP contribution in [0.1, 0.15) is 23.1 Å². The molecular formula is C21H18N2. The normalized spacial score (nSPS) is 12.8. The number of rotatable bonds is 5. The lowest BCUT2D eigenvalue weighted by atomic mass is 9.88. The fourth-order valence-corrected chi connectivity index (χ4v) is 2.74. The van der Waals surface area contributed by atoms with E-state index in [9.17, 15) is 5.26 Å². The number of benzene rings is 3. The highest BCUT2D eigenvalue weighted by Crippen LogP contribution is 2.33.